The Morgan fingerprint density at radius 1 is 1.46 bits per heavy atom. The summed E-state index contributed by atoms with van der Waals surface area (Å²) in [4.78, 5) is 0. The van der Waals surface area contributed by atoms with Gasteiger partial charge in [0.15, 0.2) is 0 Å². The summed E-state index contributed by atoms with van der Waals surface area (Å²) in [7, 11) is 0. The van der Waals surface area contributed by atoms with Gasteiger partial charge in [-0.15, -0.1) is 0 Å². The third kappa shape index (κ3) is 1.35. The molecular formula is C9H8ClNO2. The molecule has 0 bridgehead atoms. The van der Waals surface area contributed by atoms with Gasteiger partial charge in [-0.25, -0.2) is 0 Å². The van der Waals surface area contributed by atoms with Gasteiger partial charge in [0.2, 0.25) is 0 Å². The summed E-state index contributed by atoms with van der Waals surface area (Å²) in [6, 6.07) is 5.39. The van der Waals surface area contributed by atoms with Crippen LogP contribution in [0.1, 0.15) is 12.0 Å². The molecule has 68 valence electrons. The minimum absolute atomic E-state index is 0.510. The van der Waals surface area contributed by atoms with Crippen LogP contribution in [0, 0.1) is 0 Å². The highest BCUT2D eigenvalue weighted by atomic mass is 35.5. The smallest absolute Gasteiger partial charge is 0.147 e. The molecule has 0 fully saturated rings. The molecule has 0 spiro atoms. The minimum Gasteiger partial charge on any atom is -0.491 e. The Labute approximate surface area is 80.6 Å². The number of ether oxygens (including phenoxy) is 1. The third-order valence-corrected chi connectivity index (χ3v) is 2.28. The molecule has 4 heteroatoms. The number of oxime groups is 1. The zero-order chi connectivity index (χ0) is 9.26. The fourth-order valence-corrected chi connectivity index (χ4v) is 1.60. The van der Waals surface area contributed by atoms with Gasteiger partial charge in [-0.2, -0.15) is 0 Å². The van der Waals surface area contributed by atoms with Crippen molar-refractivity contribution < 1.29 is 9.94 Å². The molecule has 1 aromatic carbocycles. The van der Waals surface area contributed by atoms with Gasteiger partial charge in [0.25, 0.3) is 0 Å². The van der Waals surface area contributed by atoms with Gasteiger partial charge in [-0.05, 0) is 12.1 Å². The number of hydrogen-bond acceptors (Lipinski definition) is 3. The first kappa shape index (κ1) is 8.38. The maximum absolute atomic E-state index is 8.72. The van der Waals surface area contributed by atoms with Crippen molar-refractivity contribution in [3.8, 4) is 5.75 Å². The van der Waals surface area contributed by atoms with Gasteiger partial charge in [0.1, 0.15) is 5.75 Å². The molecule has 1 heterocycles. The Balaban J connectivity index is 2.58. The Kier molecular flexibility index (Phi) is 2.10. The maximum atomic E-state index is 8.72. The standard InChI is InChI=1S/C9H8ClNO2/c10-7-3-1-2-6-8(11-12)4-5-13-9(6)7/h1-3,12H,4-5H2. The van der Waals surface area contributed by atoms with Crippen LogP contribution in [-0.4, -0.2) is 17.5 Å². The van der Waals surface area contributed by atoms with E-state index in [1.54, 1.807) is 12.1 Å². The first-order valence-electron chi connectivity index (χ1n) is 3.95. The summed E-state index contributed by atoms with van der Waals surface area (Å²) in [5.41, 5.74) is 1.41. The number of hydrogen-bond donors (Lipinski definition) is 1. The van der Waals surface area contributed by atoms with E-state index in [4.69, 9.17) is 21.5 Å². The van der Waals surface area contributed by atoms with Crippen molar-refractivity contribution in [2.24, 2.45) is 5.16 Å². The summed E-state index contributed by atoms with van der Waals surface area (Å²) in [5.74, 6) is 0.614. The molecule has 0 saturated carbocycles. The monoisotopic (exact) mass is 197 g/mol. The van der Waals surface area contributed by atoms with E-state index in [9.17, 15) is 0 Å². The molecule has 2 rings (SSSR count). The highest BCUT2D eigenvalue weighted by Crippen LogP contribution is 2.32. The number of halogens is 1. The van der Waals surface area contributed by atoms with Crippen LogP contribution in [0.2, 0.25) is 5.02 Å². The van der Waals surface area contributed by atoms with Crippen LogP contribution in [0.15, 0.2) is 23.4 Å². The molecule has 0 unspecified atom stereocenters. The van der Waals surface area contributed by atoms with Crippen molar-refractivity contribution in [1.82, 2.24) is 0 Å². The van der Waals surface area contributed by atoms with Crippen LogP contribution in [0.25, 0.3) is 0 Å². The van der Waals surface area contributed by atoms with Gasteiger partial charge in [-0.3, -0.25) is 0 Å². The quantitative estimate of drug-likeness (QED) is 0.512. The summed E-state index contributed by atoms with van der Waals surface area (Å²) in [5, 5.41) is 12.5. The first-order valence-corrected chi connectivity index (χ1v) is 4.33. The van der Waals surface area contributed by atoms with Crippen molar-refractivity contribution in [2.75, 3.05) is 6.61 Å². The van der Waals surface area contributed by atoms with E-state index in [-0.39, 0.29) is 0 Å². The van der Waals surface area contributed by atoms with E-state index in [1.807, 2.05) is 6.07 Å². The summed E-state index contributed by atoms with van der Waals surface area (Å²) in [6.07, 6.45) is 0.615. The average Bonchev–Trinajstić information content (AvgIpc) is 2.18. The van der Waals surface area contributed by atoms with E-state index in [0.29, 0.717) is 29.5 Å². The molecular weight excluding hydrogens is 190 g/mol. The first-order chi connectivity index (χ1) is 6.33. The number of fused-ring (bicyclic) bond motifs is 1. The van der Waals surface area contributed by atoms with Gasteiger partial charge < -0.3 is 9.94 Å². The van der Waals surface area contributed by atoms with Crippen LogP contribution in [0.5, 0.6) is 5.75 Å². The summed E-state index contributed by atoms with van der Waals surface area (Å²) >= 11 is 5.90. The van der Waals surface area contributed by atoms with Gasteiger partial charge in [0, 0.05) is 12.0 Å². The molecule has 3 nitrogen and oxygen atoms in total. The molecule has 1 N–H and O–H groups in total. The zero-order valence-electron chi connectivity index (χ0n) is 6.83. The molecule has 0 saturated heterocycles. The molecule has 1 aliphatic rings. The van der Waals surface area contributed by atoms with Crippen LogP contribution in [0.4, 0.5) is 0 Å². The predicted octanol–water partition coefficient (Wildman–Crippen LogP) is 2.30. The second-order valence-corrected chi connectivity index (χ2v) is 3.17. The van der Waals surface area contributed by atoms with Gasteiger partial charge in [0.05, 0.1) is 17.3 Å². The van der Waals surface area contributed by atoms with Crippen LogP contribution < -0.4 is 4.74 Å². The van der Waals surface area contributed by atoms with Crippen LogP contribution in [0.3, 0.4) is 0 Å². The lowest BCUT2D eigenvalue weighted by molar-refractivity contribution is 0.298. The number of nitrogens with zero attached hydrogens (tertiary/aromatic N) is 1. The highest BCUT2D eigenvalue weighted by Gasteiger charge is 2.18. The van der Waals surface area contributed by atoms with E-state index in [2.05, 4.69) is 5.16 Å². The molecule has 0 radical (unpaired) electrons. The van der Waals surface area contributed by atoms with E-state index in [0.717, 1.165) is 5.56 Å². The third-order valence-electron chi connectivity index (χ3n) is 1.98. The van der Waals surface area contributed by atoms with Gasteiger partial charge in [-0.1, -0.05) is 22.8 Å². The summed E-state index contributed by atoms with van der Waals surface area (Å²) in [6.45, 7) is 0.510. The number of benzene rings is 1. The Hall–Kier alpha value is -1.22. The average molecular weight is 198 g/mol. The van der Waals surface area contributed by atoms with Crippen molar-refractivity contribution >= 4 is 17.3 Å². The fourth-order valence-electron chi connectivity index (χ4n) is 1.37. The topological polar surface area (TPSA) is 41.8 Å². The summed E-state index contributed by atoms with van der Waals surface area (Å²) < 4.78 is 5.36. The SMILES string of the molecule is ON=C1CCOc2c(Cl)cccc21. The highest BCUT2D eigenvalue weighted by molar-refractivity contribution is 6.32. The zero-order valence-corrected chi connectivity index (χ0v) is 7.58. The molecule has 0 aliphatic carbocycles. The van der Waals surface area contributed by atoms with Crippen LogP contribution >= 0.6 is 11.6 Å². The van der Waals surface area contributed by atoms with Crippen molar-refractivity contribution in [2.45, 2.75) is 6.42 Å². The van der Waals surface area contributed by atoms with E-state index < -0.39 is 0 Å². The lowest BCUT2D eigenvalue weighted by Gasteiger charge is -2.18. The van der Waals surface area contributed by atoms with Crippen LogP contribution in [-0.2, 0) is 0 Å². The Morgan fingerprint density at radius 2 is 2.31 bits per heavy atom. The second-order valence-electron chi connectivity index (χ2n) is 2.76. The second kappa shape index (κ2) is 3.26. The number of para-hydroxylation sites is 1. The van der Waals surface area contributed by atoms with Crippen molar-refractivity contribution in [3.63, 3.8) is 0 Å². The Morgan fingerprint density at radius 3 is 3.08 bits per heavy atom. The molecule has 1 aromatic rings. The molecule has 1 aliphatic heterocycles. The molecule has 0 aromatic heterocycles. The fraction of sp³-hybridized carbons (Fsp3) is 0.222. The van der Waals surface area contributed by atoms with Crippen molar-refractivity contribution in [1.29, 1.82) is 0 Å². The normalized spacial score (nSPS) is 18.1. The molecule has 0 amide bonds. The van der Waals surface area contributed by atoms with Gasteiger partial charge >= 0.3 is 0 Å². The largest absolute Gasteiger partial charge is 0.491 e. The molecule has 13 heavy (non-hydrogen) atoms. The Bertz CT molecular complexity index is 363. The lowest BCUT2D eigenvalue weighted by Crippen LogP contribution is -2.16. The maximum Gasteiger partial charge on any atom is 0.147 e. The molecule has 0 atom stereocenters. The minimum atomic E-state index is 0.510. The van der Waals surface area contributed by atoms with E-state index in [1.165, 1.54) is 0 Å². The predicted molar refractivity (Wildman–Crippen MR) is 49.9 cm³/mol. The van der Waals surface area contributed by atoms with E-state index >= 15 is 0 Å². The number of rotatable bonds is 0. The van der Waals surface area contributed by atoms with Crippen molar-refractivity contribution in [3.05, 3.63) is 28.8 Å². The lowest BCUT2D eigenvalue weighted by atomic mass is 10.0.